The molecule has 0 atom stereocenters. The summed E-state index contributed by atoms with van der Waals surface area (Å²) in [5.41, 5.74) is 0.986. The van der Waals surface area contributed by atoms with Crippen molar-refractivity contribution in [3.8, 4) is 5.75 Å². The molecule has 2 aromatic carbocycles. The Morgan fingerprint density at radius 3 is 2.38 bits per heavy atom. The molecule has 0 saturated carbocycles. The van der Waals surface area contributed by atoms with E-state index in [0.29, 0.717) is 49.5 Å². The third kappa shape index (κ3) is 4.91. The van der Waals surface area contributed by atoms with Gasteiger partial charge in [0, 0.05) is 23.7 Å². The van der Waals surface area contributed by atoms with Crippen LogP contribution in [-0.2, 0) is 16.0 Å². The van der Waals surface area contributed by atoms with Crippen molar-refractivity contribution in [1.29, 1.82) is 0 Å². The molecule has 1 saturated heterocycles. The van der Waals surface area contributed by atoms with Crippen LogP contribution in [0.1, 0.15) is 35.7 Å². The molecule has 0 aromatic heterocycles. The van der Waals surface area contributed by atoms with E-state index in [1.165, 1.54) is 0 Å². The zero-order valence-corrected chi connectivity index (χ0v) is 17.6. The van der Waals surface area contributed by atoms with Gasteiger partial charge < -0.3 is 14.4 Å². The van der Waals surface area contributed by atoms with E-state index in [9.17, 15) is 9.59 Å². The second kappa shape index (κ2) is 9.31. The van der Waals surface area contributed by atoms with Gasteiger partial charge in [0.05, 0.1) is 19.1 Å². The Morgan fingerprint density at radius 1 is 1.10 bits per heavy atom. The van der Waals surface area contributed by atoms with Crippen LogP contribution in [0.4, 0.5) is 0 Å². The van der Waals surface area contributed by atoms with Gasteiger partial charge in [-0.3, -0.25) is 9.59 Å². The third-order valence-corrected chi connectivity index (χ3v) is 5.72. The zero-order valence-electron chi connectivity index (χ0n) is 16.8. The highest BCUT2D eigenvalue weighted by molar-refractivity contribution is 6.30. The van der Waals surface area contributed by atoms with Crippen LogP contribution in [0.15, 0.2) is 48.5 Å². The lowest BCUT2D eigenvalue weighted by molar-refractivity contribution is -0.158. The van der Waals surface area contributed by atoms with Gasteiger partial charge in [-0.15, -0.1) is 0 Å². The summed E-state index contributed by atoms with van der Waals surface area (Å²) in [5.74, 6) is 0.529. The molecule has 0 unspecified atom stereocenters. The molecule has 1 heterocycles. The number of piperidine rings is 1. The van der Waals surface area contributed by atoms with Crippen molar-refractivity contribution in [3.05, 3.63) is 64.7 Å². The number of esters is 1. The van der Waals surface area contributed by atoms with Gasteiger partial charge in [0.2, 0.25) is 0 Å². The van der Waals surface area contributed by atoms with E-state index < -0.39 is 5.41 Å². The second-order valence-corrected chi connectivity index (χ2v) is 7.76. The number of rotatable bonds is 6. The lowest BCUT2D eigenvalue weighted by atomic mass is 9.73. The number of hydrogen-bond acceptors (Lipinski definition) is 4. The molecule has 1 aliphatic heterocycles. The summed E-state index contributed by atoms with van der Waals surface area (Å²) in [6, 6.07) is 14.7. The molecule has 29 heavy (non-hydrogen) atoms. The molecule has 2 aromatic rings. The largest absolute Gasteiger partial charge is 0.497 e. The van der Waals surface area contributed by atoms with Crippen LogP contribution < -0.4 is 4.74 Å². The molecular formula is C23H26ClNO4. The summed E-state index contributed by atoms with van der Waals surface area (Å²) in [6.07, 6.45) is 1.70. The van der Waals surface area contributed by atoms with E-state index in [0.717, 1.165) is 11.3 Å². The van der Waals surface area contributed by atoms with Gasteiger partial charge in [-0.05, 0) is 62.1 Å². The number of methoxy groups -OCH3 is 1. The predicted octanol–water partition coefficient (Wildman–Crippen LogP) is 4.38. The molecule has 0 bridgehead atoms. The molecule has 0 aliphatic carbocycles. The van der Waals surface area contributed by atoms with Crippen LogP contribution in [0.2, 0.25) is 5.02 Å². The minimum absolute atomic E-state index is 0.0607. The summed E-state index contributed by atoms with van der Waals surface area (Å²) >= 11 is 6.02. The summed E-state index contributed by atoms with van der Waals surface area (Å²) < 4.78 is 10.6. The lowest BCUT2D eigenvalue weighted by Crippen LogP contribution is -2.48. The number of ether oxygens (including phenoxy) is 2. The van der Waals surface area contributed by atoms with E-state index in [1.54, 1.807) is 36.3 Å². The molecule has 0 N–H and O–H groups in total. The van der Waals surface area contributed by atoms with Gasteiger partial charge in [0.1, 0.15) is 5.75 Å². The third-order valence-electron chi connectivity index (χ3n) is 5.49. The topological polar surface area (TPSA) is 55.8 Å². The molecule has 0 radical (unpaired) electrons. The van der Waals surface area contributed by atoms with Crippen molar-refractivity contribution in [2.45, 2.75) is 26.2 Å². The van der Waals surface area contributed by atoms with E-state index in [2.05, 4.69) is 0 Å². The Bertz CT molecular complexity index is 857. The Hall–Kier alpha value is -2.53. The lowest BCUT2D eigenvalue weighted by Gasteiger charge is -2.40. The van der Waals surface area contributed by atoms with Crippen molar-refractivity contribution < 1.29 is 19.1 Å². The average molecular weight is 416 g/mol. The van der Waals surface area contributed by atoms with Crippen molar-refractivity contribution in [2.75, 3.05) is 26.8 Å². The Kier molecular flexibility index (Phi) is 6.80. The Labute approximate surface area is 176 Å². The number of amides is 1. The van der Waals surface area contributed by atoms with E-state index in [-0.39, 0.29) is 11.9 Å². The maximum absolute atomic E-state index is 12.9. The minimum Gasteiger partial charge on any atom is -0.497 e. The average Bonchev–Trinajstić information content (AvgIpc) is 2.74. The first-order valence-electron chi connectivity index (χ1n) is 9.82. The number of halogens is 1. The van der Waals surface area contributed by atoms with Crippen molar-refractivity contribution in [3.63, 3.8) is 0 Å². The fraction of sp³-hybridized carbons (Fsp3) is 0.391. The van der Waals surface area contributed by atoms with Crippen LogP contribution in [0, 0.1) is 5.41 Å². The fourth-order valence-corrected chi connectivity index (χ4v) is 4.00. The van der Waals surface area contributed by atoms with Crippen molar-refractivity contribution in [1.82, 2.24) is 4.90 Å². The smallest absolute Gasteiger partial charge is 0.312 e. The van der Waals surface area contributed by atoms with Crippen LogP contribution in [0.5, 0.6) is 5.75 Å². The molecule has 154 valence electrons. The number of nitrogens with zero attached hydrogens (tertiary/aromatic N) is 1. The summed E-state index contributed by atoms with van der Waals surface area (Å²) in [7, 11) is 1.63. The SMILES string of the molecule is CCOC(=O)C1(Cc2ccc(OC)cc2)CCN(C(=O)c2cccc(Cl)c2)CC1. The monoisotopic (exact) mass is 415 g/mol. The van der Waals surface area contributed by atoms with E-state index in [4.69, 9.17) is 21.1 Å². The van der Waals surface area contributed by atoms with Crippen LogP contribution in [0.25, 0.3) is 0 Å². The molecule has 6 heteroatoms. The summed E-state index contributed by atoms with van der Waals surface area (Å²) in [5, 5.41) is 0.535. The van der Waals surface area contributed by atoms with Gasteiger partial charge >= 0.3 is 5.97 Å². The fourth-order valence-electron chi connectivity index (χ4n) is 3.81. The molecule has 1 aliphatic rings. The minimum atomic E-state index is -0.629. The van der Waals surface area contributed by atoms with Crippen LogP contribution in [0.3, 0.4) is 0 Å². The summed E-state index contributed by atoms with van der Waals surface area (Å²) in [4.78, 5) is 27.5. The van der Waals surface area contributed by atoms with Gasteiger partial charge in [-0.25, -0.2) is 0 Å². The van der Waals surface area contributed by atoms with Gasteiger partial charge in [0.15, 0.2) is 0 Å². The quantitative estimate of drug-likeness (QED) is 0.657. The van der Waals surface area contributed by atoms with Crippen LogP contribution >= 0.6 is 11.6 Å². The highest BCUT2D eigenvalue weighted by Crippen LogP contribution is 2.37. The highest BCUT2D eigenvalue weighted by atomic mass is 35.5. The number of benzene rings is 2. The molecule has 5 nitrogen and oxygen atoms in total. The Balaban J connectivity index is 1.75. The van der Waals surface area contributed by atoms with Gasteiger partial charge in [-0.2, -0.15) is 0 Å². The summed E-state index contributed by atoms with van der Waals surface area (Å²) in [6.45, 7) is 3.16. The molecule has 3 rings (SSSR count). The van der Waals surface area contributed by atoms with Crippen molar-refractivity contribution >= 4 is 23.5 Å². The van der Waals surface area contributed by atoms with Gasteiger partial charge in [0.25, 0.3) is 5.91 Å². The number of likely N-dealkylation sites (tertiary alicyclic amines) is 1. The number of carbonyl (C=O) groups excluding carboxylic acids is 2. The molecule has 1 fully saturated rings. The normalized spacial score (nSPS) is 15.6. The van der Waals surface area contributed by atoms with E-state index in [1.807, 2.05) is 31.2 Å². The maximum Gasteiger partial charge on any atom is 0.312 e. The molecule has 1 amide bonds. The predicted molar refractivity (Wildman–Crippen MR) is 112 cm³/mol. The zero-order chi connectivity index (χ0) is 20.9. The highest BCUT2D eigenvalue weighted by Gasteiger charge is 2.43. The standard InChI is InChI=1S/C23H26ClNO4/c1-3-29-22(27)23(16-17-7-9-20(28-2)10-8-17)11-13-25(14-12-23)21(26)18-5-4-6-19(24)15-18/h4-10,15H,3,11-14,16H2,1-2H3. The first-order chi connectivity index (χ1) is 14.0. The molecule has 0 spiro atoms. The maximum atomic E-state index is 12.9. The molecular weight excluding hydrogens is 390 g/mol. The first kappa shape index (κ1) is 21.2. The van der Waals surface area contributed by atoms with E-state index >= 15 is 0 Å². The number of hydrogen-bond donors (Lipinski definition) is 0. The Morgan fingerprint density at radius 2 is 1.79 bits per heavy atom. The first-order valence-corrected chi connectivity index (χ1v) is 10.2. The number of carbonyl (C=O) groups is 2. The van der Waals surface area contributed by atoms with Crippen molar-refractivity contribution in [2.24, 2.45) is 5.41 Å². The van der Waals surface area contributed by atoms with Gasteiger partial charge in [-0.1, -0.05) is 29.8 Å². The second-order valence-electron chi connectivity index (χ2n) is 7.33. The van der Waals surface area contributed by atoms with Crippen LogP contribution in [-0.4, -0.2) is 43.6 Å².